The Morgan fingerprint density at radius 2 is 1.88 bits per heavy atom. The fourth-order valence-electron chi connectivity index (χ4n) is 4.98. The van der Waals surface area contributed by atoms with E-state index in [4.69, 9.17) is 4.98 Å². The Balaban J connectivity index is 1.83. The molecule has 1 fully saturated rings. The molecule has 0 saturated heterocycles. The van der Waals surface area contributed by atoms with Gasteiger partial charge in [-0.3, -0.25) is 9.36 Å². The maximum absolute atomic E-state index is 13.8. The number of hydrogen-bond donors (Lipinski definition) is 1. The van der Waals surface area contributed by atoms with Gasteiger partial charge in [-0.2, -0.15) is 0 Å². The van der Waals surface area contributed by atoms with E-state index in [1.165, 1.54) is 6.42 Å². The number of nitrogens with one attached hydrogen (secondary N) is 1. The number of urea groups is 1. The summed E-state index contributed by atoms with van der Waals surface area (Å²) in [5.74, 6) is 0.588. The van der Waals surface area contributed by atoms with E-state index in [1.54, 1.807) is 4.57 Å². The first kappa shape index (κ1) is 24.0. The molecular weight excluding hydrogens is 424 g/mol. The molecule has 6 heteroatoms. The second-order valence-corrected chi connectivity index (χ2v) is 9.57. The lowest BCUT2D eigenvalue weighted by molar-refractivity contribution is 0.169. The van der Waals surface area contributed by atoms with Gasteiger partial charge in [-0.15, -0.1) is 0 Å². The van der Waals surface area contributed by atoms with Gasteiger partial charge in [0.2, 0.25) is 0 Å². The number of amides is 2. The van der Waals surface area contributed by atoms with Gasteiger partial charge in [0.05, 0.1) is 22.6 Å². The Kier molecular flexibility index (Phi) is 7.35. The fourth-order valence-corrected chi connectivity index (χ4v) is 4.98. The van der Waals surface area contributed by atoms with Gasteiger partial charge in [-0.1, -0.05) is 50.5 Å². The lowest BCUT2D eigenvalue weighted by Crippen LogP contribution is -2.47. The molecule has 180 valence electrons. The Hall–Kier alpha value is -3.15. The van der Waals surface area contributed by atoms with Crippen LogP contribution >= 0.6 is 0 Å². The molecule has 1 aromatic heterocycles. The number of nitrogens with zero attached hydrogens (tertiary/aromatic N) is 3. The molecule has 2 amide bonds. The first-order valence-electron chi connectivity index (χ1n) is 12.6. The van der Waals surface area contributed by atoms with Crippen molar-refractivity contribution in [3.05, 3.63) is 69.8 Å². The molecule has 6 nitrogen and oxygen atoms in total. The average Bonchev–Trinajstić information content (AvgIpc) is 2.84. The molecule has 1 N–H and O–H groups in total. The van der Waals surface area contributed by atoms with Gasteiger partial charge >= 0.3 is 6.03 Å². The number of para-hydroxylation sites is 1. The highest BCUT2D eigenvalue weighted by atomic mass is 16.2. The lowest BCUT2D eigenvalue weighted by atomic mass is 9.96. The molecule has 0 spiro atoms. The predicted octanol–water partition coefficient (Wildman–Crippen LogP) is 5.82. The highest BCUT2D eigenvalue weighted by Crippen LogP contribution is 2.26. The SMILES string of the molecule is CCCN(C(=O)NC1CCCCC1)C(C)c1nc2ccccc2c(=O)n1-c1cc(C)ccc1C. The second-order valence-electron chi connectivity index (χ2n) is 9.57. The number of aromatic nitrogens is 2. The van der Waals surface area contributed by atoms with Crippen LogP contribution in [0.4, 0.5) is 4.79 Å². The number of aryl methyl sites for hydroxylation is 2. The number of fused-ring (bicyclic) bond motifs is 1. The number of hydrogen-bond acceptors (Lipinski definition) is 3. The minimum atomic E-state index is -0.374. The zero-order valence-corrected chi connectivity index (χ0v) is 20.8. The van der Waals surface area contributed by atoms with E-state index in [0.29, 0.717) is 23.3 Å². The first-order valence-corrected chi connectivity index (χ1v) is 12.6. The molecule has 1 aliphatic rings. The molecule has 1 aliphatic carbocycles. The van der Waals surface area contributed by atoms with Crippen LogP contribution in [0.25, 0.3) is 16.6 Å². The summed E-state index contributed by atoms with van der Waals surface area (Å²) in [6.45, 7) is 8.67. The molecule has 1 unspecified atom stereocenters. The third kappa shape index (κ3) is 4.86. The van der Waals surface area contributed by atoms with E-state index in [1.807, 2.05) is 68.1 Å². The summed E-state index contributed by atoms with van der Waals surface area (Å²) in [6, 6.07) is 13.3. The summed E-state index contributed by atoms with van der Waals surface area (Å²) in [7, 11) is 0. The van der Waals surface area contributed by atoms with Crippen LogP contribution in [0.15, 0.2) is 47.3 Å². The highest BCUT2D eigenvalue weighted by Gasteiger charge is 2.28. The molecule has 4 rings (SSSR count). The van der Waals surface area contributed by atoms with E-state index < -0.39 is 0 Å². The Morgan fingerprint density at radius 3 is 2.62 bits per heavy atom. The number of carbonyl (C=O) groups is 1. The molecule has 0 aliphatic heterocycles. The molecular formula is C28H36N4O2. The fraction of sp³-hybridized carbons (Fsp3) is 0.464. The second kappa shape index (κ2) is 10.4. The van der Waals surface area contributed by atoms with Crippen molar-refractivity contribution < 1.29 is 4.79 Å². The van der Waals surface area contributed by atoms with Gasteiger partial charge in [0.1, 0.15) is 5.82 Å². The molecule has 1 atom stereocenters. The normalized spacial score (nSPS) is 15.3. The van der Waals surface area contributed by atoms with E-state index >= 15 is 0 Å². The molecule has 2 aromatic carbocycles. The summed E-state index contributed by atoms with van der Waals surface area (Å²) in [5.41, 5.74) is 3.42. The summed E-state index contributed by atoms with van der Waals surface area (Å²) in [6.07, 6.45) is 6.44. The largest absolute Gasteiger partial charge is 0.335 e. The third-order valence-corrected chi connectivity index (χ3v) is 6.91. The van der Waals surface area contributed by atoms with Gasteiger partial charge in [0.15, 0.2) is 0 Å². The van der Waals surface area contributed by atoms with Crippen LogP contribution in [0.2, 0.25) is 0 Å². The summed E-state index contributed by atoms with van der Waals surface area (Å²) in [5, 5.41) is 3.83. The standard InChI is InChI=1S/C28H36N4O2/c1-5-17-31(28(34)29-22-11-7-6-8-12-22)21(4)26-30-24-14-10-9-13-23(24)27(33)32(26)25-18-19(2)15-16-20(25)3/h9-10,13-16,18,21-22H,5-8,11-12,17H2,1-4H3,(H,29,34). The lowest BCUT2D eigenvalue weighted by Gasteiger charge is -2.33. The Morgan fingerprint density at radius 1 is 1.15 bits per heavy atom. The highest BCUT2D eigenvalue weighted by molar-refractivity contribution is 5.78. The van der Waals surface area contributed by atoms with Gasteiger partial charge in [0, 0.05) is 12.6 Å². The van der Waals surface area contributed by atoms with E-state index in [2.05, 4.69) is 12.2 Å². The number of carbonyl (C=O) groups excluding carboxylic acids is 1. The van der Waals surface area contributed by atoms with Crippen LogP contribution in [0.3, 0.4) is 0 Å². The molecule has 0 bridgehead atoms. The maximum atomic E-state index is 13.8. The van der Waals surface area contributed by atoms with Crippen molar-refractivity contribution in [1.82, 2.24) is 19.8 Å². The zero-order valence-electron chi connectivity index (χ0n) is 20.8. The molecule has 34 heavy (non-hydrogen) atoms. The predicted molar refractivity (Wildman–Crippen MR) is 138 cm³/mol. The number of rotatable bonds is 6. The molecule has 0 radical (unpaired) electrons. The van der Waals surface area contributed by atoms with E-state index in [0.717, 1.165) is 48.9 Å². The number of benzene rings is 2. The van der Waals surface area contributed by atoms with Crippen molar-refractivity contribution in [3.63, 3.8) is 0 Å². The zero-order chi connectivity index (χ0) is 24.2. The van der Waals surface area contributed by atoms with E-state index in [9.17, 15) is 9.59 Å². The first-order chi connectivity index (χ1) is 16.4. The monoisotopic (exact) mass is 460 g/mol. The van der Waals surface area contributed by atoms with Crippen LogP contribution < -0.4 is 10.9 Å². The van der Waals surface area contributed by atoms with Crippen LogP contribution in [-0.4, -0.2) is 33.1 Å². The summed E-state index contributed by atoms with van der Waals surface area (Å²) >= 11 is 0. The summed E-state index contributed by atoms with van der Waals surface area (Å²) < 4.78 is 1.71. The quantitative estimate of drug-likeness (QED) is 0.504. The van der Waals surface area contributed by atoms with Crippen LogP contribution in [-0.2, 0) is 0 Å². The van der Waals surface area contributed by atoms with Gasteiger partial charge in [-0.25, -0.2) is 9.78 Å². The minimum absolute atomic E-state index is 0.0730. The van der Waals surface area contributed by atoms with Crippen molar-refractivity contribution in [2.75, 3.05) is 6.54 Å². The van der Waals surface area contributed by atoms with Crippen LogP contribution in [0.5, 0.6) is 0 Å². The van der Waals surface area contributed by atoms with Crippen molar-refractivity contribution in [1.29, 1.82) is 0 Å². The van der Waals surface area contributed by atoms with Crippen molar-refractivity contribution in [2.24, 2.45) is 0 Å². The summed E-state index contributed by atoms with van der Waals surface area (Å²) in [4.78, 5) is 34.0. The van der Waals surface area contributed by atoms with Crippen molar-refractivity contribution in [2.45, 2.75) is 78.3 Å². The minimum Gasteiger partial charge on any atom is -0.335 e. The van der Waals surface area contributed by atoms with E-state index in [-0.39, 0.29) is 23.7 Å². The van der Waals surface area contributed by atoms with Gasteiger partial charge in [0.25, 0.3) is 5.56 Å². The van der Waals surface area contributed by atoms with Gasteiger partial charge in [-0.05, 0) is 69.4 Å². The Bertz CT molecular complexity index is 1230. The van der Waals surface area contributed by atoms with Crippen molar-refractivity contribution >= 4 is 16.9 Å². The van der Waals surface area contributed by atoms with Crippen molar-refractivity contribution in [3.8, 4) is 5.69 Å². The van der Waals surface area contributed by atoms with Crippen LogP contribution in [0, 0.1) is 13.8 Å². The maximum Gasteiger partial charge on any atom is 0.318 e. The Labute approximate surface area is 202 Å². The topological polar surface area (TPSA) is 67.2 Å². The van der Waals surface area contributed by atoms with Gasteiger partial charge < -0.3 is 10.2 Å². The van der Waals surface area contributed by atoms with Crippen LogP contribution in [0.1, 0.15) is 75.4 Å². The average molecular weight is 461 g/mol. The smallest absolute Gasteiger partial charge is 0.318 e. The third-order valence-electron chi connectivity index (χ3n) is 6.91. The molecule has 3 aromatic rings. The molecule has 1 heterocycles. The molecule has 1 saturated carbocycles.